The first-order valence-electron chi connectivity index (χ1n) is 5.68. The maximum Gasteiger partial charge on any atom is 0.0471 e. The summed E-state index contributed by atoms with van der Waals surface area (Å²) in [5, 5.41) is 0. The Morgan fingerprint density at radius 1 is 1.23 bits per heavy atom. The van der Waals surface area contributed by atoms with Gasteiger partial charge in [-0.1, -0.05) is 34.1 Å². The van der Waals surface area contributed by atoms with Crippen LogP contribution >= 0.6 is 0 Å². The Balaban J connectivity index is 2.63. The molecule has 1 heteroatoms. The summed E-state index contributed by atoms with van der Waals surface area (Å²) in [7, 11) is 0. The summed E-state index contributed by atoms with van der Waals surface area (Å²) in [4.78, 5) is 0. The zero-order chi connectivity index (χ0) is 9.90. The van der Waals surface area contributed by atoms with Gasteiger partial charge in [0.25, 0.3) is 0 Å². The van der Waals surface area contributed by atoms with Crippen molar-refractivity contribution in [2.45, 2.75) is 47.0 Å². The van der Waals surface area contributed by atoms with Crippen LogP contribution in [0.3, 0.4) is 0 Å². The molecule has 0 N–H and O–H groups in total. The quantitative estimate of drug-likeness (QED) is 0.652. The zero-order valence-electron chi connectivity index (χ0n) is 9.60. The average Bonchev–Trinajstić information content (AvgIpc) is 2.05. The highest BCUT2D eigenvalue weighted by atomic mass is 16.5. The molecule has 13 heavy (non-hydrogen) atoms. The first kappa shape index (κ1) is 11.0. The number of rotatable bonds is 3. The van der Waals surface area contributed by atoms with Gasteiger partial charge in [0.05, 0.1) is 0 Å². The predicted molar refractivity (Wildman–Crippen MR) is 56.8 cm³/mol. The van der Waals surface area contributed by atoms with E-state index in [0.717, 1.165) is 25.0 Å². The third-order valence-electron chi connectivity index (χ3n) is 3.77. The largest absolute Gasteiger partial charge is 0.381 e. The van der Waals surface area contributed by atoms with Crippen LogP contribution in [0.4, 0.5) is 0 Å². The summed E-state index contributed by atoms with van der Waals surface area (Å²) in [6, 6.07) is 0. The number of hydrogen-bond acceptors (Lipinski definition) is 1. The standard InChI is InChI=1S/C12H24O/c1-5-11(10(2)3)12(4)6-8-13-9-7-12/h10-11H,5-9H2,1-4H3. The second kappa shape index (κ2) is 4.45. The van der Waals surface area contributed by atoms with Crippen LogP contribution in [-0.2, 0) is 4.74 Å². The first-order valence-corrected chi connectivity index (χ1v) is 5.68. The summed E-state index contributed by atoms with van der Waals surface area (Å²) >= 11 is 0. The molecule has 1 atom stereocenters. The fourth-order valence-electron chi connectivity index (χ4n) is 2.98. The lowest BCUT2D eigenvalue weighted by Gasteiger charge is -2.42. The molecule has 1 fully saturated rings. The summed E-state index contributed by atoms with van der Waals surface area (Å²) < 4.78 is 5.44. The lowest BCUT2D eigenvalue weighted by Crippen LogP contribution is -2.36. The van der Waals surface area contributed by atoms with Crippen molar-refractivity contribution < 1.29 is 4.74 Å². The number of ether oxygens (including phenoxy) is 1. The normalized spacial score (nSPS) is 24.7. The van der Waals surface area contributed by atoms with Crippen LogP contribution in [0.5, 0.6) is 0 Å². The molecule has 0 aliphatic carbocycles. The molecule has 1 unspecified atom stereocenters. The average molecular weight is 184 g/mol. The molecule has 1 aliphatic rings. The Bertz CT molecular complexity index is 145. The van der Waals surface area contributed by atoms with Crippen LogP contribution in [0.15, 0.2) is 0 Å². The van der Waals surface area contributed by atoms with E-state index in [9.17, 15) is 0 Å². The fourth-order valence-corrected chi connectivity index (χ4v) is 2.98. The van der Waals surface area contributed by atoms with Gasteiger partial charge in [0.1, 0.15) is 0 Å². The molecule has 0 aromatic carbocycles. The minimum Gasteiger partial charge on any atom is -0.381 e. The second-order valence-electron chi connectivity index (χ2n) is 5.03. The topological polar surface area (TPSA) is 9.23 Å². The minimum atomic E-state index is 0.543. The Morgan fingerprint density at radius 3 is 2.15 bits per heavy atom. The highest BCUT2D eigenvalue weighted by Crippen LogP contribution is 2.42. The maximum absolute atomic E-state index is 5.44. The van der Waals surface area contributed by atoms with Gasteiger partial charge in [0.2, 0.25) is 0 Å². The van der Waals surface area contributed by atoms with Crippen LogP contribution in [0, 0.1) is 17.3 Å². The van der Waals surface area contributed by atoms with E-state index in [1.165, 1.54) is 19.3 Å². The second-order valence-corrected chi connectivity index (χ2v) is 5.03. The van der Waals surface area contributed by atoms with Crippen molar-refractivity contribution >= 4 is 0 Å². The molecule has 1 nitrogen and oxygen atoms in total. The molecular formula is C12H24O. The van der Waals surface area contributed by atoms with Crippen molar-refractivity contribution in [3.05, 3.63) is 0 Å². The Hall–Kier alpha value is -0.0400. The van der Waals surface area contributed by atoms with Crippen LogP contribution in [0.2, 0.25) is 0 Å². The molecule has 0 bridgehead atoms. The lowest BCUT2D eigenvalue weighted by molar-refractivity contribution is -0.0214. The van der Waals surface area contributed by atoms with E-state index in [4.69, 9.17) is 4.74 Å². The molecule has 1 aliphatic heterocycles. The van der Waals surface area contributed by atoms with E-state index in [1.807, 2.05) is 0 Å². The van der Waals surface area contributed by atoms with Crippen LogP contribution in [0.25, 0.3) is 0 Å². The highest BCUT2D eigenvalue weighted by Gasteiger charge is 2.36. The molecule has 1 rings (SSSR count). The van der Waals surface area contributed by atoms with E-state index in [-0.39, 0.29) is 0 Å². The van der Waals surface area contributed by atoms with Crippen molar-refractivity contribution in [1.82, 2.24) is 0 Å². The SMILES string of the molecule is CCC(C(C)C)C1(C)CCOCC1. The van der Waals surface area contributed by atoms with Gasteiger partial charge in [-0.25, -0.2) is 0 Å². The predicted octanol–water partition coefficient (Wildman–Crippen LogP) is 3.49. The molecule has 78 valence electrons. The summed E-state index contributed by atoms with van der Waals surface area (Å²) in [5.74, 6) is 1.68. The third-order valence-corrected chi connectivity index (χ3v) is 3.77. The smallest absolute Gasteiger partial charge is 0.0471 e. The molecule has 0 aromatic heterocycles. The third kappa shape index (κ3) is 2.46. The highest BCUT2D eigenvalue weighted by molar-refractivity contribution is 4.85. The van der Waals surface area contributed by atoms with Crippen molar-refractivity contribution in [2.24, 2.45) is 17.3 Å². The molecule has 0 aromatic rings. The van der Waals surface area contributed by atoms with Crippen molar-refractivity contribution in [1.29, 1.82) is 0 Å². The Morgan fingerprint density at radius 2 is 1.77 bits per heavy atom. The number of hydrogen-bond donors (Lipinski definition) is 0. The molecule has 1 saturated heterocycles. The van der Waals surface area contributed by atoms with Crippen molar-refractivity contribution in [3.8, 4) is 0 Å². The van der Waals surface area contributed by atoms with Crippen LogP contribution in [0.1, 0.15) is 47.0 Å². The van der Waals surface area contributed by atoms with Gasteiger partial charge in [0, 0.05) is 13.2 Å². The van der Waals surface area contributed by atoms with Crippen molar-refractivity contribution in [3.63, 3.8) is 0 Å². The molecule has 0 amide bonds. The summed E-state index contributed by atoms with van der Waals surface area (Å²) in [5.41, 5.74) is 0.543. The van der Waals surface area contributed by atoms with E-state index in [1.54, 1.807) is 0 Å². The van der Waals surface area contributed by atoms with Gasteiger partial charge in [0.15, 0.2) is 0 Å². The zero-order valence-corrected chi connectivity index (χ0v) is 9.60. The van der Waals surface area contributed by atoms with Gasteiger partial charge in [-0.05, 0) is 30.1 Å². The van der Waals surface area contributed by atoms with Gasteiger partial charge in [-0.2, -0.15) is 0 Å². The molecule has 1 heterocycles. The summed E-state index contributed by atoms with van der Waals surface area (Å²) in [6.07, 6.45) is 3.82. The summed E-state index contributed by atoms with van der Waals surface area (Å²) in [6.45, 7) is 11.4. The van der Waals surface area contributed by atoms with Gasteiger partial charge in [-0.3, -0.25) is 0 Å². The van der Waals surface area contributed by atoms with Gasteiger partial charge in [-0.15, -0.1) is 0 Å². The monoisotopic (exact) mass is 184 g/mol. The van der Waals surface area contributed by atoms with Gasteiger partial charge < -0.3 is 4.74 Å². The van der Waals surface area contributed by atoms with E-state index in [0.29, 0.717) is 5.41 Å². The van der Waals surface area contributed by atoms with E-state index < -0.39 is 0 Å². The molecule has 0 radical (unpaired) electrons. The van der Waals surface area contributed by atoms with E-state index >= 15 is 0 Å². The van der Waals surface area contributed by atoms with Crippen molar-refractivity contribution in [2.75, 3.05) is 13.2 Å². The molecular weight excluding hydrogens is 160 g/mol. The Labute approximate surface area is 82.9 Å². The maximum atomic E-state index is 5.44. The molecule has 0 saturated carbocycles. The van der Waals surface area contributed by atoms with Gasteiger partial charge >= 0.3 is 0 Å². The Kier molecular flexibility index (Phi) is 3.78. The fraction of sp³-hybridized carbons (Fsp3) is 1.00. The van der Waals surface area contributed by atoms with Crippen LogP contribution < -0.4 is 0 Å². The van der Waals surface area contributed by atoms with E-state index in [2.05, 4.69) is 27.7 Å². The first-order chi connectivity index (χ1) is 6.10. The lowest BCUT2D eigenvalue weighted by atomic mass is 9.66. The minimum absolute atomic E-state index is 0.543. The van der Waals surface area contributed by atoms with Crippen LogP contribution in [-0.4, -0.2) is 13.2 Å². The molecule has 0 spiro atoms.